The molecule has 1 aromatic carbocycles. The molecule has 2 heterocycles. The second kappa shape index (κ2) is 4.44. The number of nitrogen functional groups attached to an aromatic ring is 1. The quantitative estimate of drug-likeness (QED) is 0.747. The molecule has 0 spiro atoms. The van der Waals surface area contributed by atoms with Crippen LogP contribution in [0, 0.1) is 0 Å². The molecule has 0 saturated carbocycles. The van der Waals surface area contributed by atoms with E-state index < -0.39 is 0 Å². The molecule has 110 valence electrons. The number of fused-ring (bicyclic) bond motifs is 3. The third-order valence-corrected chi connectivity index (χ3v) is 4.46. The predicted octanol–water partition coefficient (Wildman–Crippen LogP) is 3.35. The summed E-state index contributed by atoms with van der Waals surface area (Å²) in [6.07, 6.45) is 6.63. The van der Waals surface area contributed by atoms with E-state index in [1.54, 1.807) is 6.33 Å². The van der Waals surface area contributed by atoms with Crippen LogP contribution in [0.15, 0.2) is 49.1 Å². The van der Waals surface area contributed by atoms with Gasteiger partial charge in [-0.05, 0) is 35.6 Å². The first-order valence-corrected chi connectivity index (χ1v) is 7.44. The van der Waals surface area contributed by atoms with E-state index in [1.807, 2.05) is 12.1 Å². The van der Waals surface area contributed by atoms with Crippen LogP contribution in [0.4, 0.5) is 5.82 Å². The van der Waals surface area contributed by atoms with E-state index in [9.17, 15) is 0 Å². The molecule has 0 atom stereocenters. The molecule has 3 aromatic rings. The maximum absolute atomic E-state index is 6.15. The normalized spacial score (nSPS) is 15.2. The minimum Gasteiger partial charge on any atom is -0.383 e. The first-order chi connectivity index (χ1) is 10.6. The Morgan fingerprint density at radius 2 is 1.86 bits per heavy atom. The molecule has 0 unspecified atom stereocenters. The second-order valence-electron chi connectivity index (χ2n) is 6.44. The molecule has 4 heteroatoms. The van der Waals surface area contributed by atoms with E-state index in [4.69, 9.17) is 5.73 Å². The van der Waals surface area contributed by atoms with Crippen LogP contribution in [0.5, 0.6) is 0 Å². The Labute approximate surface area is 129 Å². The van der Waals surface area contributed by atoms with E-state index in [0.717, 1.165) is 23.2 Å². The van der Waals surface area contributed by atoms with Gasteiger partial charge in [-0.15, -0.1) is 0 Å². The van der Waals surface area contributed by atoms with Gasteiger partial charge in [-0.3, -0.25) is 0 Å². The molecule has 2 aromatic heterocycles. The van der Waals surface area contributed by atoms with Crippen LogP contribution >= 0.6 is 0 Å². The van der Waals surface area contributed by atoms with Crippen molar-refractivity contribution in [3.05, 3.63) is 60.2 Å². The highest BCUT2D eigenvalue weighted by Gasteiger charge is 2.35. The molecule has 0 bridgehead atoms. The van der Waals surface area contributed by atoms with Crippen molar-refractivity contribution in [3.8, 4) is 16.9 Å². The molecule has 4 nitrogen and oxygen atoms in total. The number of hydrogen-bond donors (Lipinski definition) is 1. The topological polar surface area (TPSA) is 56.7 Å². The smallest absolute Gasteiger partial charge is 0.131 e. The van der Waals surface area contributed by atoms with Gasteiger partial charge in [-0.1, -0.05) is 26.0 Å². The van der Waals surface area contributed by atoms with Crippen LogP contribution in [-0.2, 0) is 11.8 Å². The lowest BCUT2D eigenvalue weighted by Crippen LogP contribution is -2.29. The highest BCUT2D eigenvalue weighted by atomic mass is 15.0. The minimum absolute atomic E-state index is 0.0864. The summed E-state index contributed by atoms with van der Waals surface area (Å²) in [5.41, 5.74) is 11.8. The third-order valence-electron chi connectivity index (χ3n) is 4.46. The number of anilines is 1. The lowest BCUT2D eigenvalue weighted by atomic mass is 9.71. The zero-order valence-corrected chi connectivity index (χ0v) is 12.7. The molecule has 0 radical (unpaired) electrons. The van der Waals surface area contributed by atoms with Gasteiger partial charge in [0.15, 0.2) is 0 Å². The molecule has 22 heavy (non-hydrogen) atoms. The Bertz CT molecular complexity index is 848. The molecule has 0 fully saturated rings. The van der Waals surface area contributed by atoms with E-state index in [1.165, 1.54) is 11.3 Å². The molecule has 1 aliphatic carbocycles. The fourth-order valence-electron chi connectivity index (χ4n) is 3.52. The summed E-state index contributed by atoms with van der Waals surface area (Å²) in [6, 6.07) is 10.4. The predicted molar refractivity (Wildman–Crippen MR) is 87.9 cm³/mol. The van der Waals surface area contributed by atoms with Crippen LogP contribution in [-0.4, -0.2) is 14.5 Å². The van der Waals surface area contributed by atoms with Crippen molar-refractivity contribution in [3.63, 3.8) is 0 Å². The van der Waals surface area contributed by atoms with Crippen LogP contribution in [0.2, 0.25) is 0 Å². The maximum atomic E-state index is 6.15. The van der Waals surface area contributed by atoms with Gasteiger partial charge < -0.3 is 10.3 Å². The number of benzene rings is 1. The average Bonchev–Trinajstić information content (AvgIpc) is 3.00. The number of nitrogens with zero attached hydrogens (tertiary/aromatic N) is 3. The second-order valence-corrected chi connectivity index (χ2v) is 6.44. The lowest BCUT2D eigenvalue weighted by Gasteiger charge is -2.34. The van der Waals surface area contributed by atoms with Crippen molar-refractivity contribution in [1.29, 1.82) is 0 Å². The Morgan fingerprint density at radius 3 is 2.64 bits per heavy atom. The van der Waals surface area contributed by atoms with Gasteiger partial charge in [-0.2, -0.15) is 0 Å². The Morgan fingerprint density at radius 1 is 1.09 bits per heavy atom. The summed E-state index contributed by atoms with van der Waals surface area (Å²) >= 11 is 0. The van der Waals surface area contributed by atoms with Gasteiger partial charge in [0.1, 0.15) is 12.1 Å². The molecular weight excluding hydrogens is 272 g/mol. The van der Waals surface area contributed by atoms with Crippen molar-refractivity contribution < 1.29 is 0 Å². The average molecular weight is 290 g/mol. The highest BCUT2D eigenvalue weighted by molar-refractivity contribution is 5.78. The summed E-state index contributed by atoms with van der Waals surface area (Å²) in [4.78, 5) is 8.73. The number of nitrogens with two attached hydrogens (primary N) is 1. The van der Waals surface area contributed by atoms with Crippen molar-refractivity contribution in [2.24, 2.45) is 0 Å². The molecule has 0 amide bonds. The summed E-state index contributed by atoms with van der Waals surface area (Å²) in [5, 5.41) is 0. The highest BCUT2D eigenvalue weighted by Crippen LogP contribution is 2.45. The molecule has 2 N–H and O–H groups in total. The van der Waals surface area contributed by atoms with Crippen LogP contribution in [0.25, 0.3) is 16.9 Å². The molecule has 0 saturated heterocycles. The van der Waals surface area contributed by atoms with Crippen LogP contribution < -0.4 is 5.73 Å². The van der Waals surface area contributed by atoms with Crippen molar-refractivity contribution in [1.82, 2.24) is 14.5 Å². The summed E-state index contributed by atoms with van der Waals surface area (Å²) in [7, 11) is 0. The van der Waals surface area contributed by atoms with Crippen molar-refractivity contribution in [2.75, 3.05) is 5.73 Å². The van der Waals surface area contributed by atoms with E-state index in [2.05, 4.69) is 59.0 Å². The van der Waals surface area contributed by atoms with Gasteiger partial charge in [-0.25, -0.2) is 9.97 Å². The van der Waals surface area contributed by atoms with Crippen LogP contribution in [0.1, 0.15) is 25.0 Å². The van der Waals surface area contributed by atoms with Gasteiger partial charge in [0.2, 0.25) is 0 Å². The zero-order chi connectivity index (χ0) is 15.3. The zero-order valence-electron chi connectivity index (χ0n) is 12.7. The Hall–Kier alpha value is -2.62. The third kappa shape index (κ3) is 1.77. The maximum Gasteiger partial charge on any atom is 0.131 e. The first-order valence-electron chi connectivity index (χ1n) is 7.44. The first kappa shape index (κ1) is 13.1. The minimum atomic E-state index is -0.0864. The fraction of sp³-hybridized carbons (Fsp3) is 0.222. The summed E-state index contributed by atoms with van der Waals surface area (Å²) in [5.74, 6) is 0.590. The number of aromatic nitrogens is 3. The summed E-state index contributed by atoms with van der Waals surface area (Å²) < 4.78 is 2.16. The van der Waals surface area contributed by atoms with E-state index in [-0.39, 0.29) is 5.41 Å². The Kier molecular flexibility index (Phi) is 2.64. The van der Waals surface area contributed by atoms with Gasteiger partial charge in [0, 0.05) is 29.2 Å². The van der Waals surface area contributed by atoms with Gasteiger partial charge >= 0.3 is 0 Å². The van der Waals surface area contributed by atoms with Crippen molar-refractivity contribution >= 4 is 5.82 Å². The van der Waals surface area contributed by atoms with E-state index in [0.29, 0.717) is 5.82 Å². The van der Waals surface area contributed by atoms with Crippen LogP contribution in [0.3, 0.4) is 0 Å². The van der Waals surface area contributed by atoms with E-state index >= 15 is 0 Å². The largest absolute Gasteiger partial charge is 0.383 e. The summed E-state index contributed by atoms with van der Waals surface area (Å²) in [6.45, 7) is 4.42. The van der Waals surface area contributed by atoms with Gasteiger partial charge in [0.25, 0.3) is 0 Å². The molecular formula is C18H18N4. The fourth-order valence-corrected chi connectivity index (χ4v) is 3.52. The monoisotopic (exact) mass is 290 g/mol. The molecule has 4 rings (SSSR count). The molecule has 0 aliphatic heterocycles. The standard InChI is InChI=1S/C18H18N4/c1-18(2)10-13-12(16-15(18)17(19)21-11-20-16)6-5-7-14(13)22-8-3-4-9-22/h3-9,11H,10H2,1-2H3,(H2,19,20,21). The van der Waals surface area contributed by atoms with Crippen molar-refractivity contribution in [2.45, 2.75) is 25.7 Å². The van der Waals surface area contributed by atoms with Gasteiger partial charge in [0.05, 0.1) is 5.69 Å². The number of rotatable bonds is 1. The molecule has 1 aliphatic rings. The number of hydrogen-bond acceptors (Lipinski definition) is 3. The SMILES string of the molecule is CC1(C)Cc2c(cccc2-n2cccc2)-c2ncnc(N)c21. The lowest BCUT2D eigenvalue weighted by molar-refractivity contribution is 0.513. The Balaban J connectivity index is 2.04.